The third-order valence-corrected chi connectivity index (χ3v) is 1.17. The molecule has 0 saturated carbocycles. The number of aliphatic carboxylic acids is 2. The third kappa shape index (κ3) is 2.52. The molecule has 11 heavy (non-hydrogen) atoms. The van der Waals surface area contributed by atoms with E-state index in [0.717, 1.165) is 6.92 Å². The zero-order valence-electron chi connectivity index (χ0n) is 7.30. The minimum Gasteiger partial charge on any atom is -1.00 e. The molecule has 0 heterocycles. The van der Waals surface area contributed by atoms with Crippen molar-refractivity contribution in [3.63, 3.8) is 0 Å². The van der Waals surface area contributed by atoms with Gasteiger partial charge in [0.1, 0.15) is 0 Å². The molecule has 0 atom stereocenters. The molecule has 4 nitrogen and oxygen atoms in total. The Kier molecular flexibility index (Phi) is 5.20. The van der Waals surface area contributed by atoms with Gasteiger partial charge in [-0.25, -0.2) is 14.0 Å². The van der Waals surface area contributed by atoms with Crippen molar-refractivity contribution < 1.29 is 44.5 Å². The normalized spacial score (nSPS) is 10.0. The van der Waals surface area contributed by atoms with Gasteiger partial charge in [0, 0.05) is 6.42 Å². The smallest absolute Gasteiger partial charge is 1.00 e. The molecule has 2 N–H and O–H groups in total. The van der Waals surface area contributed by atoms with Crippen LogP contribution >= 0.6 is 0 Å². The Morgan fingerprint density at radius 2 is 1.73 bits per heavy atom. The number of rotatable bonds is 3. The maximum atomic E-state index is 12.6. The molecule has 0 radical (unpaired) electrons. The van der Waals surface area contributed by atoms with E-state index in [1.807, 2.05) is 0 Å². The van der Waals surface area contributed by atoms with Crippen LogP contribution in [0, 0.1) is 0 Å². The van der Waals surface area contributed by atoms with Crippen LogP contribution < -0.4 is 18.9 Å². The molecule has 0 saturated heterocycles. The van der Waals surface area contributed by atoms with Gasteiger partial charge in [0.05, 0.1) is 0 Å². The molecular formula is C5H8FLiO4. The maximum Gasteiger partial charge on any atom is 1.00 e. The summed E-state index contributed by atoms with van der Waals surface area (Å²) in [4.78, 5) is 19.9. The monoisotopic (exact) mass is 158 g/mol. The van der Waals surface area contributed by atoms with Gasteiger partial charge in [0.15, 0.2) is 0 Å². The van der Waals surface area contributed by atoms with E-state index < -0.39 is 24.0 Å². The molecule has 0 aliphatic heterocycles. The predicted octanol–water partition coefficient (Wildman–Crippen LogP) is -2.61. The van der Waals surface area contributed by atoms with Crippen molar-refractivity contribution in [1.82, 2.24) is 0 Å². The number of halogens is 1. The fourth-order valence-electron chi connectivity index (χ4n) is 0.394. The van der Waals surface area contributed by atoms with Crippen molar-refractivity contribution in [3.8, 4) is 0 Å². The van der Waals surface area contributed by atoms with E-state index in [9.17, 15) is 14.0 Å². The Morgan fingerprint density at radius 1 is 1.45 bits per heavy atom. The number of hydrogen-bond acceptors (Lipinski definition) is 2. The Bertz CT molecular complexity index is 161. The summed E-state index contributed by atoms with van der Waals surface area (Å²) in [6.07, 6.45) is -0.572. The first-order chi connectivity index (χ1) is 4.45. The predicted molar refractivity (Wildman–Crippen MR) is 30.5 cm³/mol. The SMILES string of the molecule is CCC(F)(C(=O)O)C(=O)O.[H-].[Li+]. The van der Waals surface area contributed by atoms with Crippen molar-refractivity contribution in [1.29, 1.82) is 0 Å². The van der Waals surface area contributed by atoms with Gasteiger partial charge in [-0.3, -0.25) is 0 Å². The molecule has 0 spiro atoms. The van der Waals surface area contributed by atoms with Crippen LogP contribution in [0.1, 0.15) is 14.8 Å². The molecule has 0 aliphatic carbocycles. The van der Waals surface area contributed by atoms with Gasteiger partial charge < -0.3 is 11.6 Å². The van der Waals surface area contributed by atoms with Crippen LogP contribution in [0.5, 0.6) is 0 Å². The number of carboxylic acids is 2. The van der Waals surface area contributed by atoms with E-state index in [0.29, 0.717) is 0 Å². The number of carboxylic acid groups (broad SMARTS) is 2. The van der Waals surface area contributed by atoms with Crippen LogP contribution in [-0.4, -0.2) is 27.8 Å². The number of carbonyl (C=O) groups is 2. The summed E-state index contributed by atoms with van der Waals surface area (Å²) in [6, 6.07) is 0. The fraction of sp³-hybridized carbons (Fsp3) is 0.600. The van der Waals surface area contributed by atoms with Gasteiger partial charge in [-0.15, -0.1) is 0 Å². The second kappa shape index (κ2) is 4.37. The standard InChI is InChI=1S/C5H7FO4.Li.H/c1-2-5(6,3(7)8)4(9)10;;/h2H2,1H3,(H,7,8)(H,9,10);;/q;+1;-1. The first-order valence-corrected chi connectivity index (χ1v) is 2.61. The zero-order chi connectivity index (χ0) is 8.36. The molecule has 0 amide bonds. The van der Waals surface area contributed by atoms with E-state index in [1.165, 1.54) is 0 Å². The van der Waals surface area contributed by atoms with Gasteiger partial charge in [0.25, 0.3) is 0 Å². The molecule has 6 heteroatoms. The fourth-order valence-corrected chi connectivity index (χ4v) is 0.394. The molecule has 0 aromatic rings. The van der Waals surface area contributed by atoms with Crippen molar-refractivity contribution in [3.05, 3.63) is 0 Å². The van der Waals surface area contributed by atoms with E-state index in [1.54, 1.807) is 0 Å². The molecular weight excluding hydrogens is 150 g/mol. The van der Waals surface area contributed by atoms with E-state index in [4.69, 9.17) is 10.2 Å². The molecule has 0 aliphatic rings. The summed E-state index contributed by atoms with van der Waals surface area (Å²) in [5.41, 5.74) is -3.12. The summed E-state index contributed by atoms with van der Waals surface area (Å²) < 4.78 is 12.6. The van der Waals surface area contributed by atoms with E-state index >= 15 is 0 Å². The first kappa shape index (κ1) is 13.1. The van der Waals surface area contributed by atoms with E-state index in [-0.39, 0.29) is 20.3 Å². The Balaban J connectivity index is -0.000000405. The zero-order valence-corrected chi connectivity index (χ0v) is 6.30. The first-order valence-electron chi connectivity index (χ1n) is 2.61. The number of hydrogen-bond donors (Lipinski definition) is 2. The minimum absolute atomic E-state index is 0. The largest absolute Gasteiger partial charge is 1.00 e. The summed E-state index contributed by atoms with van der Waals surface area (Å²) >= 11 is 0. The summed E-state index contributed by atoms with van der Waals surface area (Å²) in [7, 11) is 0. The van der Waals surface area contributed by atoms with Gasteiger partial charge in [-0.05, 0) is 0 Å². The molecule has 60 valence electrons. The molecule has 0 fully saturated rings. The van der Waals surface area contributed by atoms with Crippen LogP contribution in [0.4, 0.5) is 4.39 Å². The van der Waals surface area contributed by atoms with Crippen LogP contribution in [-0.2, 0) is 9.59 Å². The molecule has 0 aromatic carbocycles. The van der Waals surface area contributed by atoms with Crippen molar-refractivity contribution >= 4 is 11.9 Å². The van der Waals surface area contributed by atoms with Crippen LogP contribution in [0.25, 0.3) is 0 Å². The van der Waals surface area contributed by atoms with Gasteiger partial charge in [-0.2, -0.15) is 0 Å². The Morgan fingerprint density at radius 3 is 1.73 bits per heavy atom. The summed E-state index contributed by atoms with van der Waals surface area (Å²) in [5.74, 6) is -3.91. The van der Waals surface area contributed by atoms with Crippen molar-refractivity contribution in [2.45, 2.75) is 19.0 Å². The second-order valence-electron chi connectivity index (χ2n) is 1.77. The third-order valence-electron chi connectivity index (χ3n) is 1.17. The van der Waals surface area contributed by atoms with Crippen molar-refractivity contribution in [2.75, 3.05) is 0 Å². The maximum absolute atomic E-state index is 12.6. The molecule has 0 bridgehead atoms. The van der Waals surface area contributed by atoms with E-state index in [2.05, 4.69) is 0 Å². The minimum atomic E-state index is -3.12. The molecule has 0 rings (SSSR count). The quantitative estimate of drug-likeness (QED) is 0.348. The average molecular weight is 158 g/mol. The average Bonchev–Trinajstić information content (AvgIpc) is 1.85. The summed E-state index contributed by atoms with van der Waals surface area (Å²) in [5, 5.41) is 16.1. The molecule has 0 unspecified atom stereocenters. The Labute approximate surface area is 76.1 Å². The van der Waals surface area contributed by atoms with Crippen LogP contribution in [0.15, 0.2) is 0 Å². The van der Waals surface area contributed by atoms with Crippen molar-refractivity contribution in [2.24, 2.45) is 0 Å². The number of alkyl halides is 1. The van der Waals surface area contributed by atoms with Gasteiger partial charge >= 0.3 is 36.5 Å². The van der Waals surface area contributed by atoms with Gasteiger partial charge in [-0.1, -0.05) is 6.92 Å². The van der Waals surface area contributed by atoms with Crippen LogP contribution in [0.2, 0.25) is 0 Å². The second-order valence-corrected chi connectivity index (χ2v) is 1.77. The molecule has 0 aromatic heterocycles. The summed E-state index contributed by atoms with van der Waals surface area (Å²) in [6.45, 7) is 1.15. The Hall–Kier alpha value is -0.533. The van der Waals surface area contributed by atoms with Crippen LogP contribution in [0.3, 0.4) is 0 Å². The van der Waals surface area contributed by atoms with Gasteiger partial charge in [0.2, 0.25) is 0 Å². The topological polar surface area (TPSA) is 74.6 Å².